The van der Waals surface area contributed by atoms with E-state index < -0.39 is 13.2 Å². The Hall–Kier alpha value is -1.51. The Morgan fingerprint density at radius 1 is 1.38 bits per heavy atom. The smallest absolute Gasteiger partial charge is 0.311 e. The molecule has 6 nitrogen and oxygen atoms in total. The minimum absolute atomic E-state index is 0.0287. The molecule has 0 amide bonds. The number of nitrogens with zero attached hydrogens (tertiary/aromatic N) is 2. The SMILES string of the molecule is C[C@@H](CO[Si](C)(C)C(C)(C)C)Nc1c([N+](=O)[O-])cnc2cc(Br)ccc12. The molecule has 1 N–H and O–H groups in total. The third-order valence-corrected chi connectivity index (χ3v) is 9.89. The van der Waals surface area contributed by atoms with Gasteiger partial charge in [-0.25, -0.2) is 4.98 Å². The van der Waals surface area contributed by atoms with E-state index in [9.17, 15) is 10.1 Å². The lowest BCUT2D eigenvalue weighted by Gasteiger charge is -2.37. The van der Waals surface area contributed by atoms with Gasteiger partial charge < -0.3 is 9.74 Å². The summed E-state index contributed by atoms with van der Waals surface area (Å²) in [6, 6.07) is 5.47. The molecule has 0 aliphatic heterocycles. The van der Waals surface area contributed by atoms with Crippen molar-refractivity contribution in [2.75, 3.05) is 11.9 Å². The van der Waals surface area contributed by atoms with Gasteiger partial charge in [0.05, 0.1) is 17.0 Å². The molecule has 0 aliphatic carbocycles. The Kier molecular flexibility index (Phi) is 6.09. The van der Waals surface area contributed by atoms with E-state index in [1.165, 1.54) is 6.20 Å². The van der Waals surface area contributed by atoms with E-state index >= 15 is 0 Å². The van der Waals surface area contributed by atoms with Gasteiger partial charge in [-0.2, -0.15) is 0 Å². The number of hydrogen-bond acceptors (Lipinski definition) is 5. The van der Waals surface area contributed by atoms with Crippen LogP contribution >= 0.6 is 15.9 Å². The Bertz CT molecular complexity index is 821. The molecule has 0 fully saturated rings. The molecule has 0 bridgehead atoms. The second-order valence-electron chi connectivity index (χ2n) is 8.05. The summed E-state index contributed by atoms with van der Waals surface area (Å²) >= 11 is 3.41. The van der Waals surface area contributed by atoms with Gasteiger partial charge in [-0.15, -0.1) is 0 Å². The number of rotatable bonds is 6. The van der Waals surface area contributed by atoms with Crippen LogP contribution < -0.4 is 5.32 Å². The highest BCUT2D eigenvalue weighted by Gasteiger charge is 2.37. The molecule has 1 aromatic carbocycles. The first kappa shape index (κ1) is 20.8. The van der Waals surface area contributed by atoms with E-state index in [0.29, 0.717) is 17.8 Å². The summed E-state index contributed by atoms with van der Waals surface area (Å²) in [6.07, 6.45) is 1.30. The van der Waals surface area contributed by atoms with Crippen LogP contribution in [0.1, 0.15) is 27.7 Å². The van der Waals surface area contributed by atoms with Gasteiger partial charge in [0.2, 0.25) is 0 Å². The van der Waals surface area contributed by atoms with E-state index in [-0.39, 0.29) is 16.8 Å². The summed E-state index contributed by atoms with van der Waals surface area (Å²) in [7, 11) is -1.87. The van der Waals surface area contributed by atoms with Crippen molar-refractivity contribution in [2.24, 2.45) is 0 Å². The molecule has 1 aromatic heterocycles. The standard InChI is InChI=1S/C18H26BrN3O3Si/c1-12(11-25-26(5,6)18(2,3)4)21-17-14-8-7-13(19)9-15(14)20-10-16(17)22(23)24/h7-10,12H,11H2,1-6H3,(H,20,21)/t12-/m0/s1. The molecule has 8 heteroatoms. The quantitative estimate of drug-likeness (QED) is 0.353. The van der Waals surface area contributed by atoms with Gasteiger partial charge in [0.25, 0.3) is 0 Å². The predicted octanol–water partition coefficient (Wildman–Crippen LogP) is 5.73. The molecule has 2 aromatic rings. The average Bonchev–Trinajstić information content (AvgIpc) is 2.51. The van der Waals surface area contributed by atoms with Crippen molar-refractivity contribution in [3.8, 4) is 0 Å². The van der Waals surface area contributed by atoms with Crippen molar-refractivity contribution >= 4 is 46.5 Å². The van der Waals surface area contributed by atoms with Crippen molar-refractivity contribution in [1.29, 1.82) is 0 Å². The van der Waals surface area contributed by atoms with Crippen molar-refractivity contribution in [3.63, 3.8) is 0 Å². The fraction of sp³-hybridized carbons (Fsp3) is 0.500. The second-order valence-corrected chi connectivity index (χ2v) is 13.8. The zero-order chi connectivity index (χ0) is 19.7. The summed E-state index contributed by atoms with van der Waals surface area (Å²) in [6.45, 7) is 13.4. The number of halogens is 1. The Balaban J connectivity index is 2.28. The third kappa shape index (κ3) is 4.60. The molecular weight excluding hydrogens is 414 g/mol. The number of anilines is 1. The van der Waals surface area contributed by atoms with Crippen LogP contribution in [0.3, 0.4) is 0 Å². The maximum absolute atomic E-state index is 11.5. The summed E-state index contributed by atoms with van der Waals surface area (Å²) in [5.74, 6) is 0. The minimum atomic E-state index is -1.87. The van der Waals surface area contributed by atoms with E-state index in [0.717, 1.165) is 9.86 Å². The van der Waals surface area contributed by atoms with Gasteiger partial charge in [-0.05, 0) is 43.3 Å². The predicted molar refractivity (Wildman–Crippen MR) is 112 cm³/mol. The van der Waals surface area contributed by atoms with Crippen LogP contribution in [0.2, 0.25) is 18.1 Å². The van der Waals surface area contributed by atoms with Crippen LogP contribution in [-0.4, -0.2) is 30.9 Å². The first-order chi connectivity index (χ1) is 11.9. The zero-order valence-electron chi connectivity index (χ0n) is 16.1. The topological polar surface area (TPSA) is 77.3 Å². The first-order valence-electron chi connectivity index (χ1n) is 8.55. The fourth-order valence-corrected chi connectivity index (χ4v) is 3.73. The maximum Gasteiger partial charge on any atom is 0.311 e. The molecule has 1 heterocycles. The number of aromatic nitrogens is 1. The van der Waals surface area contributed by atoms with Crippen LogP contribution in [-0.2, 0) is 4.43 Å². The molecule has 26 heavy (non-hydrogen) atoms. The number of benzene rings is 1. The van der Waals surface area contributed by atoms with Crippen LogP contribution in [0.25, 0.3) is 10.9 Å². The van der Waals surface area contributed by atoms with Crippen molar-refractivity contribution in [2.45, 2.75) is 51.9 Å². The molecular formula is C18H26BrN3O3Si. The van der Waals surface area contributed by atoms with E-state index in [4.69, 9.17) is 4.43 Å². The van der Waals surface area contributed by atoms with Crippen molar-refractivity contribution < 1.29 is 9.35 Å². The lowest BCUT2D eigenvalue weighted by atomic mass is 10.1. The van der Waals surface area contributed by atoms with Gasteiger partial charge >= 0.3 is 5.69 Å². The van der Waals surface area contributed by atoms with Gasteiger partial charge in [0.1, 0.15) is 11.9 Å². The molecule has 0 aliphatic rings. The number of pyridine rings is 1. The molecule has 0 saturated carbocycles. The molecule has 2 rings (SSSR count). The Labute approximate surface area is 163 Å². The molecule has 0 saturated heterocycles. The van der Waals surface area contributed by atoms with Crippen molar-refractivity contribution in [1.82, 2.24) is 4.98 Å². The van der Waals surface area contributed by atoms with Crippen LogP contribution in [0, 0.1) is 10.1 Å². The largest absolute Gasteiger partial charge is 0.415 e. The Morgan fingerprint density at radius 2 is 2.04 bits per heavy atom. The molecule has 142 valence electrons. The van der Waals surface area contributed by atoms with Gasteiger partial charge in [0, 0.05) is 15.9 Å². The molecule has 0 radical (unpaired) electrons. The highest BCUT2D eigenvalue weighted by atomic mass is 79.9. The summed E-state index contributed by atoms with van der Waals surface area (Å²) in [5.41, 5.74) is 1.16. The fourth-order valence-electron chi connectivity index (χ4n) is 2.28. The third-order valence-electron chi connectivity index (χ3n) is 4.90. The normalized spacial score (nSPS) is 13.7. The summed E-state index contributed by atoms with van der Waals surface area (Å²) < 4.78 is 7.12. The van der Waals surface area contributed by atoms with Crippen LogP contribution in [0.4, 0.5) is 11.4 Å². The number of fused-ring (bicyclic) bond motifs is 1. The van der Waals surface area contributed by atoms with Gasteiger partial charge in [0.15, 0.2) is 8.32 Å². The molecule has 0 unspecified atom stereocenters. The van der Waals surface area contributed by atoms with Crippen molar-refractivity contribution in [3.05, 3.63) is 39.0 Å². The average molecular weight is 440 g/mol. The Morgan fingerprint density at radius 3 is 2.62 bits per heavy atom. The number of hydrogen-bond donors (Lipinski definition) is 1. The molecule has 0 spiro atoms. The second kappa shape index (κ2) is 7.62. The summed E-state index contributed by atoms with van der Waals surface area (Å²) in [5, 5.41) is 15.6. The highest BCUT2D eigenvalue weighted by Crippen LogP contribution is 2.37. The monoisotopic (exact) mass is 439 g/mol. The molecule has 1 atom stereocenters. The number of nitro groups is 1. The lowest BCUT2D eigenvalue weighted by molar-refractivity contribution is -0.384. The minimum Gasteiger partial charge on any atom is -0.415 e. The van der Waals surface area contributed by atoms with Crippen LogP contribution in [0.15, 0.2) is 28.9 Å². The van der Waals surface area contributed by atoms with E-state index in [2.05, 4.69) is 60.1 Å². The maximum atomic E-state index is 11.5. The summed E-state index contributed by atoms with van der Waals surface area (Å²) in [4.78, 5) is 15.3. The lowest BCUT2D eigenvalue weighted by Crippen LogP contribution is -2.43. The first-order valence-corrected chi connectivity index (χ1v) is 12.3. The zero-order valence-corrected chi connectivity index (χ0v) is 18.7. The van der Waals surface area contributed by atoms with Gasteiger partial charge in [-0.3, -0.25) is 10.1 Å². The van der Waals surface area contributed by atoms with E-state index in [1.54, 1.807) is 0 Å². The number of nitrogens with one attached hydrogen (secondary N) is 1. The van der Waals surface area contributed by atoms with Crippen LogP contribution in [0.5, 0.6) is 0 Å². The van der Waals surface area contributed by atoms with E-state index in [1.807, 2.05) is 25.1 Å². The van der Waals surface area contributed by atoms with Gasteiger partial charge in [-0.1, -0.05) is 36.7 Å². The highest BCUT2D eigenvalue weighted by molar-refractivity contribution is 9.10.